The zero-order chi connectivity index (χ0) is 20.1. The van der Waals surface area contributed by atoms with Crippen LogP contribution < -0.4 is 10.6 Å². The molecule has 0 atom stereocenters. The van der Waals surface area contributed by atoms with Gasteiger partial charge in [0, 0.05) is 11.6 Å². The minimum atomic E-state index is -0.792. The van der Waals surface area contributed by atoms with Crippen molar-refractivity contribution in [2.45, 2.75) is 38.6 Å². The minimum Gasteiger partial charge on any atom is -0.452 e. The number of nitrogens with one attached hydrogen (secondary N) is 2. The minimum absolute atomic E-state index is 0.0770. The number of urea groups is 1. The van der Waals surface area contributed by atoms with E-state index < -0.39 is 24.5 Å². The molecule has 0 bridgehead atoms. The first kappa shape index (κ1) is 19.9. The molecule has 1 aliphatic carbocycles. The van der Waals surface area contributed by atoms with Gasteiger partial charge in [0.1, 0.15) is 17.0 Å². The summed E-state index contributed by atoms with van der Waals surface area (Å²) in [4.78, 5) is 36.1. The van der Waals surface area contributed by atoms with Crippen molar-refractivity contribution in [3.05, 3.63) is 40.6 Å². The number of esters is 1. The first-order chi connectivity index (χ1) is 13.5. The summed E-state index contributed by atoms with van der Waals surface area (Å²) < 4.78 is 10.1. The van der Waals surface area contributed by atoms with Crippen molar-refractivity contribution < 1.29 is 23.6 Å². The largest absolute Gasteiger partial charge is 0.452 e. The molecule has 1 fully saturated rings. The van der Waals surface area contributed by atoms with Gasteiger partial charge in [0.25, 0.3) is 5.91 Å². The van der Waals surface area contributed by atoms with Crippen LogP contribution in [-0.4, -0.2) is 35.7 Å². The molecule has 0 radical (unpaired) electrons. The lowest BCUT2D eigenvalue weighted by molar-refractivity contribution is -0.123. The van der Waals surface area contributed by atoms with E-state index in [1.54, 1.807) is 31.2 Å². The molecule has 8 nitrogen and oxygen atoms in total. The van der Waals surface area contributed by atoms with Gasteiger partial charge in [0.2, 0.25) is 0 Å². The van der Waals surface area contributed by atoms with Crippen LogP contribution >= 0.6 is 11.6 Å². The summed E-state index contributed by atoms with van der Waals surface area (Å²) in [5.41, 5.74) is 0.817. The van der Waals surface area contributed by atoms with E-state index in [1.807, 2.05) is 0 Å². The number of benzene rings is 1. The van der Waals surface area contributed by atoms with Gasteiger partial charge in [-0.15, -0.1) is 0 Å². The van der Waals surface area contributed by atoms with Gasteiger partial charge in [-0.1, -0.05) is 47.8 Å². The molecule has 2 aromatic rings. The Morgan fingerprint density at radius 2 is 1.96 bits per heavy atom. The second-order valence-electron chi connectivity index (χ2n) is 6.52. The maximum Gasteiger partial charge on any atom is 0.344 e. The van der Waals surface area contributed by atoms with Gasteiger partial charge < -0.3 is 14.6 Å². The molecule has 0 unspecified atom stereocenters. The van der Waals surface area contributed by atoms with E-state index >= 15 is 0 Å². The number of hydrogen-bond donors (Lipinski definition) is 2. The number of rotatable bonds is 5. The summed E-state index contributed by atoms with van der Waals surface area (Å²) in [5.74, 6) is -1.28. The summed E-state index contributed by atoms with van der Waals surface area (Å²) in [6.07, 6.45) is 3.91. The second kappa shape index (κ2) is 8.88. The predicted molar refractivity (Wildman–Crippen MR) is 101 cm³/mol. The highest BCUT2D eigenvalue weighted by Crippen LogP contribution is 2.31. The normalized spacial score (nSPS) is 13.9. The zero-order valence-electron chi connectivity index (χ0n) is 15.3. The van der Waals surface area contributed by atoms with Crippen LogP contribution in [0.3, 0.4) is 0 Å². The lowest BCUT2D eigenvalue weighted by atomic mass is 10.1. The van der Waals surface area contributed by atoms with Crippen LogP contribution in [0.15, 0.2) is 28.8 Å². The van der Waals surface area contributed by atoms with Crippen molar-refractivity contribution in [1.82, 2.24) is 15.8 Å². The van der Waals surface area contributed by atoms with Crippen molar-refractivity contribution in [2.24, 2.45) is 0 Å². The number of amides is 3. The number of nitrogens with zero attached hydrogens (tertiary/aromatic N) is 1. The number of carbonyl (C=O) groups is 3. The third-order valence-corrected chi connectivity index (χ3v) is 4.80. The van der Waals surface area contributed by atoms with Crippen LogP contribution in [0, 0.1) is 6.92 Å². The number of hydrogen-bond acceptors (Lipinski definition) is 6. The van der Waals surface area contributed by atoms with Gasteiger partial charge in [0.15, 0.2) is 6.61 Å². The van der Waals surface area contributed by atoms with Crippen molar-refractivity contribution in [3.8, 4) is 11.3 Å². The van der Waals surface area contributed by atoms with E-state index in [-0.39, 0.29) is 23.1 Å². The van der Waals surface area contributed by atoms with Crippen LogP contribution in [-0.2, 0) is 9.53 Å². The molecular weight excluding hydrogens is 386 g/mol. The zero-order valence-corrected chi connectivity index (χ0v) is 16.0. The number of aromatic nitrogens is 1. The predicted octanol–water partition coefficient (Wildman–Crippen LogP) is 3.23. The van der Waals surface area contributed by atoms with E-state index in [9.17, 15) is 14.4 Å². The Labute approximate surface area is 166 Å². The molecule has 28 heavy (non-hydrogen) atoms. The van der Waals surface area contributed by atoms with Crippen LogP contribution in [0.5, 0.6) is 0 Å². The summed E-state index contributed by atoms with van der Waals surface area (Å²) in [5, 5.41) is 9.14. The molecule has 1 aromatic carbocycles. The topological polar surface area (TPSA) is 111 Å². The Balaban J connectivity index is 1.59. The molecule has 148 valence electrons. The number of ether oxygens (including phenoxy) is 1. The number of carbonyl (C=O) groups excluding carboxylic acids is 3. The van der Waals surface area contributed by atoms with Gasteiger partial charge >= 0.3 is 12.0 Å². The molecule has 2 N–H and O–H groups in total. The molecule has 1 aromatic heterocycles. The Kier molecular flexibility index (Phi) is 6.30. The second-order valence-corrected chi connectivity index (χ2v) is 6.93. The van der Waals surface area contributed by atoms with Crippen LogP contribution in [0.25, 0.3) is 11.3 Å². The van der Waals surface area contributed by atoms with Gasteiger partial charge in [-0.05, 0) is 25.8 Å². The van der Waals surface area contributed by atoms with Crippen molar-refractivity contribution in [2.75, 3.05) is 6.61 Å². The first-order valence-corrected chi connectivity index (χ1v) is 9.32. The highest BCUT2D eigenvalue weighted by Gasteiger charge is 2.25. The van der Waals surface area contributed by atoms with Crippen LogP contribution in [0.2, 0.25) is 5.02 Å². The Morgan fingerprint density at radius 1 is 1.25 bits per heavy atom. The molecule has 0 spiro atoms. The Morgan fingerprint density at radius 3 is 2.68 bits per heavy atom. The first-order valence-electron chi connectivity index (χ1n) is 8.94. The quantitative estimate of drug-likeness (QED) is 0.739. The van der Waals surface area contributed by atoms with E-state index in [0.29, 0.717) is 10.6 Å². The Bertz CT molecular complexity index is 889. The highest BCUT2D eigenvalue weighted by molar-refractivity contribution is 6.33. The average molecular weight is 406 g/mol. The van der Waals surface area contributed by atoms with Crippen molar-refractivity contribution >= 4 is 29.5 Å². The summed E-state index contributed by atoms with van der Waals surface area (Å²) in [7, 11) is 0. The SMILES string of the molecule is Cc1onc(-c2ccccc2Cl)c1C(=O)OCC(=O)NC(=O)NC1CCCC1. The van der Waals surface area contributed by atoms with E-state index in [0.717, 1.165) is 25.7 Å². The maximum absolute atomic E-state index is 12.5. The van der Waals surface area contributed by atoms with Crippen molar-refractivity contribution in [1.29, 1.82) is 0 Å². The fraction of sp³-hybridized carbons (Fsp3) is 0.368. The molecule has 3 amide bonds. The molecule has 3 rings (SSSR count). The molecule has 1 aliphatic rings. The third kappa shape index (κ3) is 4.69. The standard InChI is InChI=1S/C19H20ClN3O5/c1-11-16(17(23-28-11)13-8-4-5-9-14(13)20)18(25)27-10-15(24)22-19(26)21-12-6-2-3-7-12/h4-5,8-9,12H,2-3,6-7,10H2,1H3,(H2,21,22,24,26). The van der Waals surface area contributed by atoms with E-state index in [1.165, 1.54) is 0 Å². The average Bonchev–Trinajstić information content (AvgIpc) is 3.29. The van der Waals surface area contributed by atoms with Crippen molar-refractivity contribution in [3.63, 3.8) is 0 Å². The molecule has 1 heterocycles. The van der Waals surface area contributed by atoms with E-state index in [4.69, 9.17) is 20.9 Å². The fourth-order valence-corrected chi connectivity index (χ4v) is 3.33. The molecular formula is C19H20ClN3O5. The summed E-state index contributed by atoms with van der Waals surface area (Å²) in [6, 6.07) is 6.33. The molecule has 9 heteroatoms. The van der Waals surface area contributed by atoms with Gasteiger partial charge in [-0.2, -0.15) is 0 Å². The molecule has 0 aliphatic heterocycles. The van der Waals surface area contributed by atoms with Gasteiger partial charge in [-0.25, -0.2) is 9.59 Å². The van der Waals surface area contributed by atoms with Crippen LogP contribution in [0.1, 0.15) is 41.8 Å². The monoisotopic (exact) mass is 405 g/mol. The maximum atomic E-state index is 12.5. The fourth-order valence-electron chi connectivity index (χ4n) is 3.11. The lowest BCUT2D eigenvalue weighted by Gasteiger charge is -2.12. The van der Waals surface area contributed by atoms with Gasteiger partial charge in [0.05, 0.1) is 5.02 Å². The summed E-state index contributed by atoms with van der Waals surface area (Å²) >= 11 is 6.16. The molecule has 0 saturated heterocycles. The lowest BCUT2D eigenvalue weighted by Crippen LogP contribution is -2.45. The molecule has 1 saturated carbocycles. The number of aryl methyl sites for hydroxylation is 1. The van der Waals surface area contributed by atoms with Gasteiger partial charge in [-0.3, -0.25) is 10.1 Å². The number of halogens is 1. The third-order valence-electron chi connectivity index (χ3n) is 4.47. The number of imide groups is 1. The highest BCUT2D eigenvalue weighted by atomic mass is 35.5. The summed E-state index contributed by atoms with van der Waals surface area (Å²) in [6.45, 7) is 0.947. The van der Waals surface area contributed by atoms with E-state index in [2.05, 4.69) is 15.8 Å². The Hall–Kier alpha value is -2.87. The van der Waals surface area contributed by atoms with Crippen LogP contribution in [0.4, 0.5) is 4.79 Å². The smallest absolute Gasteiger partial charge is 0.344 e.